The van der Waals surface area contributed by atoms with Crippen molar-refractivity contribution < 1.29 is 9.53 Å². The molecule has 5 heteroatoms. The summed E-state index contributed by atoms with van der Waals surface area (Å²) in [5.41, 5.74) is 0.906. The predicted octanol–water partition coefficient (Wildman–Crippen LogP) is 1.18. The average molecular weight is 305 g/mol. The minimum atomic E-state index is -0.509. The van der Waals surface area contributed by atoms with Gasteiger partial charge in [-0.25, -0.2) is 0 Å². The van der Waals surface area contributed by atoms with Gasteiger partial charge in [-0.15, -0.1) is 0 Å². The highest BCUT2D eigenvalue weighted by atomic mass is 16.5. The molecule has 1 aromatic rings. The molecule has 0 spiro atoms. The van der Waals surface area contributed by atoms with Crippen molar-refractivity contribution >= 4 is 5.91 Å². The van der Waals surface area contributed by atoms with Crippen molar-refractivity contribution in [3.63, 3.8) is 0 Å². The molecule has 22 heavy (non-hydrogen) atoms. The van der Waals surface area contributed by atoms with Crippen LogP contribution < -0.4 is 10.6 Å². The summed E-state index contributed by atoms with van der Waals surface area (Å²) >= 11 is 0. The number of nitrogens with one attached hydrogen (secondary N) is 2. The first kappa shape index (κ1) is 16.9. The number of benzene rings is 1. The van der Waals surface area contributed by atoms with Gasteiger partial charge in [-0.2, -0.15) is 0 Å². The number of rotatable bonds is 8. The number of ether oxygens (including phenoxy) is 1. The van der Waals surface area contributed by atoms with Gasteiger partial charge in [0.15, 0.2) is 6.10 Å². The zero-order chi connectivity index (χ0) is 15.6. The summed E-state index contributed by atoms with van der Waals surface area (Å²) in [6.07, 6.45) is 0.463. The molecule has 1 fully saturated rings. The zero-order valence-electron chi connectivity index (χ0n) is 13.4. The van der Waals surface area contributed by atoms with Crippen LogP contribution in [0, 0.1) is 0 Å². The minimum Gasteiger partial charge on any atom is -0.364 e. The predicted molar refractivity (Wildman–Crippen MR) is 87.7 cm³/mol. The van der Waals surface area contributed by atoms with Crippen LogP contribution >= 0.6 is 0 Å². The molecule has 2 N–H and O–H groups in total. The monoisotopic (exact) mass is 305 g/mol. The molecule has 0 bridgehead atoms. The molecule has 1 atom stereocenters. The molecule has 0 radical (unpaired) electrons. The van der Waals surface area contributed by atoms with E-state index in [2.05, 4.69) is 15.5 Å². The Kier molecular flexibility index (Phi) is 7.36. The van der Waals surface area contributed by atoms with E-state index in [9.17, 15) is 4.79 Å². The summed E-state index contributed by atoms with van der Waals surface area (Å²) in [6.45, 7) is 8.48. The average Bonchev–Trinajstić information content (AvgIpc) is 2.58. The molecule has 1 heterocycles. The summed E-state index contributed by atoms with van der Waals surface area (Å²) in [4.78, 5) is 14.8. The van der Waals surface area contributed by atoms with E-state index < -0.39 is 6.10 Å². The van der Waals surface area contributed by atoms with E-state index in [1.54, 1.807) is 0 Å². The molecule has 122 valence electrons. The molecular weight excluding hydrogens is 278 g/mol. The van der Waals surface area contributed by atoms with Gasteiger partial charge in [0.05, 0.1) is 0 Å². The Morgan fingerprint density at radius 2 is 2.05 bits per heavy atom. The molecule has 0 saturated carbocycles. The van der Waals surface area contributed by atoms with Crippen LogP contribution in [0.25, 0.3) is 0 Å². The highest BCUT2D eigenvalue weighted by Crippen LogP contribution is 2.17. The van der Waals surface area contributed by atoms with Crippen molar-refractivity contribution in [3.8, 4) is 0 Å². The molecule has 2 rings (SSSR count). The van der Waals surface area contributed by atoms with Crippen molar-refractivity contribution in [1.29, 1.82) is 0 Å². The summed E-state index contributed by atoms with van der Waals surface area (Å²) in [6, 6.07) is 9.66. The van der Waals surface area contributed by atoms with E-state index in [0.717, 1.165) is 44.7 Å². The first-order valence-corrected chi connectivity index (χ1v) is 8.18. The quantitative estimate of drug-likeness (QED) is 0.708. The third-order valence-electron chi connectivity index (χ3n) is 3.83. The second-order valence-corrected chi connectivity index (χ2v) is 5.48. The maximum Gasteiger partial charge on any atom is 0.253 e. The minimum absolute atomic E-state index is 0.0478. The zero-order valence-corrected chi connectivity index (χ0v) is 13.4. The fourth-order valence-corrected chi connectivity index (χ4v) is 2.66. The van der Waals surface area contributed by atoms with E-state index in [1.165, 1.54) is 0 Å². The van der Waals surface area contributed by atoms with E-state index in [1.807, 2.05) is 37.3 Å². The molecule has 1 aliphatic heterocycles. The smallest absolute Gasteiger partial charge is 0.253 e. The van der Waals surface area contributed by atoms with Crippen molar-refractivity contribution in [3.05, 3.63) is 35.9 Å². The Morgan fingerprint density at radius 3 is 2.73 bits per heavy atom. The number of hydrogen-bond acceptors (Lipinski definition) is 4. The number of hydrogen-bond donors (Lipinski definition) is 2. The highest BCUT2D eigenvalue weighted by Gasteiger charge is 2.20. The van der Waals surface area contributed by atoms with Gasteiger partial charge in [0.25, 0.3) is 5.91 Å². The van der Waals surface area contributed by atoms with Crippen LogP contribution in [-0.4, -0.2) is 56.7 Å². The highest BCUT2D eigenvalue weighted by molar-refractivity contribution is 5.82. The van der Waals surface area contributed by atoms with Crippen LogP contribution in [0.3, 0.4) is 0 Å². The van der Waals surface area contributed by atoms with Gasteiger partial charge >= 0.3 is 0 Å². The van der Waals surface area contributed by atoms with Crippen LogP contribution in [0.1, 0.15) is 25.0 Å². The Bertz CT molecular complexity index is 433. The molecular formula is C17H27N3O2. The van der Waals surface area contributed by atoms with Crippen LogP contribution in [0.2, 0.25) is 0 Å². The van der Waals surface area contributed by atoms with E-state index in [0.29, 0.717) is 13.2 Å². The number of amides is 1. The lowest BCUT2D eigenvalue weighted by Crippen LogP contribution is -2.44. The maximum absolute atomic E-state index is 12.3. The lowest BCUT2D eigenvalue weighted by molar-refractivity contribution is -0.133. The lowest BCUT2D eigenvalue weighted by Gasteiger charge is -2.27. The SMILES string of the molecule is CCOC(C(=O)NCCCN1CCNCC1)c1ccccc1. The summed E-state index contributed by atoms with van der Waals surface area (Å²) in [5.74, 6) is -0.0478. The van der Waals surface area contributed by atoms with Crippen molar-refractivity contribution in [2.24, 2.45) is 0 Å². The Hall–Kier alpha value is -1.43. The fourth-order valence-electron chi connectivity index (χ4n) is 2.66. The second-order valence-electron chi connectivity index (χ2n) is 5.48. The van der Waals surface area contributed by atoms with Crippen LogP contribution in [0.15, 0.2) is 30.3 Å². The van der Waals surface area contributed by atoms with Gasteiger partial charge in [-0.3, -0.25) is 4.79 Å². The van der Waals surface area contributed by atoms with Crippen LogP contribution in [0.5, 0.6) is 0 Å². The van der Waals surface area contributed by atoms with Gasteiger partial charge < -0.3 is 20.3 Å². The third kappa shape index (κ3) is 5.40. The second kappa shape index (κ2) is 9.56. The Labute approximate surface area is 133 Å². The van der Waals surface area contributed by atoms with Gasteiger partial charge in [-0.05, 0) is 25.5 Å². The number of piperazine rings is 1. The fraction of sp³-hybridized carbons (Fsp3) is 0.588. The van der Waals surface area contributed by atoms with Crippen molar-refractivity contribution in [1.82, 2.24) is 15.5 Å². The summed E-state index contributed by atoms with van der Waals surface area (Å²) < 4.78 is 5.61. The Balaban J connectivity index is 1.74. The van der Waals surface area contributed by atoms with E-state index in [-0.39, 0.29) is 5.91 Å². The first-order chi connectivity index (χ1) is 10.8. The van der Waals surface area contributed by atoms with Gasteiger partial charge in [0, 0.05) is 39.3 Å². The molecule has 0 aromatic heterocycles. The van der Waals surface area contributed by atoms with Crippen molar-refractivity contribution in [2.45, 2.75) is 19.4 Å². The lowest BCUT2D eigenvalue weighted by atomic mass is 10.1. The van der Waals surface area contributed by atoms with Gasteiger partial charge in [0.1, 0.15) is 0 Å². The van der Waals surface area contributed by atoms with Gasteiger partial charge in [-0.1, -0.05) is 30.3 Å². The van der Waals surface area contributed by atoms with E-state index in [4.69, 9.17) is 4.74 Å². The van der Waals surface area contributed by atoms with Crippen LogP contribution in [-0.2, 0) is 9.53 Å². The number of carbonyl (C=O) groups excluding carboxylic acids is 1. The molecule has 1 unspecified atom stereocenters. The summed E-state index contributed by atoms with van der Waals surface area (Å²) in [5, 5.41) is 6.34. The standard InChI is InChI=1S/C17H27N3O2/c1-2-22-16(15-7-4-3-5-8-15)17(21)19-9-6-12-20-13-10-18-11-14-20/h3-5,7-8,16,18H,2,6,9-14H2,1H3,(H,19,21). The molecule has 0 aliphatic carbocycles. The number of nitrogens with zero attached hydrogens (tertiary/aromatic N) is 1. The third-order valence-corrected chi connectivity index (χ3v) is 3.83. The maximum atomic E-state index is 12.3. The molecule has 1 amide bonds. The molecule has 5 nitrogen and oxygen atoms in total. The molecule has 1 aliphatic rings. The summed E-state index contributed by atoms with van der Waals surface area (Å²) in [7, 11) is 0. The normalized spacial score (nSPS) is 17.1. The van der Waals surface area contributed by atoms with E-state index >= 15 is 0 Å². The Morgan fingerprint density at radius 1 is 1.32 bits per heavy atom. The number of carbonyl (C=O) groups is 1. The van der Waals surface area contributed by atoms with Gasteiger partial charge in [0.2, 0.25) is 0 Å². The first-order valence-electron chi connectivity index (χ1n) is 8.18. The largest absolute Gasteiger partial charge is 0.364 e. The molecule has 1 aromatic carbocycles. The molecule has 1 saturated heterocycles. The van der Waals surface area contributed by atoms with Crippen molar-refractivity contribution in [2.75, 3.05) is 45.9 Å². The topological polar surface area (TPSA) is 53.6 Å². The van der Waals surface area contributed by atoms with Crippen LogP contribution in [0.4, 0.5) is 0 Å².